The van der Waals surface area contributed by atoms with Gasteiger partial charge in [-0.05, 0) is 24.3 Å². The minimum Gasteiger partial charge on any atom is -0.733 e. The fourth-order valence-corrected chi connectivity index (χ4v) is 1.17. The largest absolute Gasteiger partial charge is 0.733 e. The van der Waals surface area contributed by atoms with E-state index in [0.29, 0.717) is 0 Å². The lowest BCUT2D eigenvalue weighted by Crippen LogP contribution is -2.06. The summed E-state index contributed by atoms with van der Waals surface area (Å²) in [4.78, 5) is 16.8. The van der Waals surface area contributed by atoms with Gasteiger partial charge in [-0.2, -0.15) is 0 Å². The number of rotatable bonds is 3. The summed E-state index contributed by atoms with van der Waals surface area (Å²) >= 11 is 0. The van der Waals surface area contributed by atoms with Crippen molar-refractivity contribution in [2.75, 3.05) is 5.23 Å². The van der Waals surface area contributed by atoms with Crippen molar-refractivity contribution in [2.45, 2.75) is 0 Å². The number of hydrogen-bond acceptors (Lipinski definition) is 5. The fraction of sp³-hybridized carbons (Fsp3) is 0. The standard InChI is InChI=1S/C6H7NO6P/c8-7(9)5-1-3-6(4-2-5)13-14(10,11)12/h1-4,8H,(H2,10,11,12)/q-1. The minimum atomic E-state index is -4.58. The summed E-state index contributed by atoms with van der Waals surface area (Å²) in [5.74, 6) is -0.0936. The van der Waals surface area contributed by atoms with E-state index in [-0.39, 0.29) is 16.7 Å². The lowest BCUT2D eigenvalue weighted by Gasteiger charge is -2.21. The van der Waals surface area contributed by atoms with Crippen molar-refractivity contribution in [3.63, 3.8) is 0 Å². The van der Waals surface area contributed by atoms with Crippen molar-refractivity contribution in [1.29, 1.82) is 0 Å². The third-order valence-corrected chi connectivity index (χ3v) is 1.73. The van der Waals surface area contributed by atoms with Gasteiger partial charge in [-0.25, -0.2) is 4.57 Å². The van der Waals surface area contributed by atoms with E-state index in [1.54, 1.807) is 0 Å². The summed E-state index contributed by atoms with van der Waals surface area (Å²) in [6.07, 6.45) is 0. The van der Waals surface area contributed by atoms with Crippen LogP contribution in [-0.4, -0.2) is 15.0 Å². The topological polar surface area (TPSA) is 113 Å². The maximum absolute atomic E-state index is 10.4. The molecule has 14 heavy (non-hydrogen) atoms. The molecule has 0 amide bonds. The van der Waals surface area contributed by atoms with Crippen LogP contribution in [0.1, 0.15) is 0 Å². The Hall–Kier alpha value is -1.11. The van der Waals surface area contributed by atoms with Crippen molar-refractivity contribution < 1.29 is 24.1 Å². The average molecular weight is 220 g/mol. The summed E-state index contributed by atoms with van der Waals surface area (Å²) in [5, 5.41) is 18.4. The highest BCUT2D eigenvalue weighted by Crippen LogP contribution is 2.37. The molecule has 0 bridgehead atoms. The zero-order valence-electron chi connectivity index (χ0n) is 6.77. The first-order valence-electron chi connectivity index (χ1n) is 3.40. The highest BCUT2D eigenvalue weighted by atomic mass is 31.2. The van der Waals surface area contributed by atoms with Crippen LogP contribution in [0.4, 0.5) is 5.69 Å². The number of phosphoric acid groups is 1. The Kier molecular flexibility index (Phi) is 3.10. The van der Waals surface area contributed by atoms with Crippen LogP contribution in [0.3, 0.4) is 0 Å². The molecule has 0 atom stereocenters. The molecule has 0 saturated carbocycles. The van der Waals surface area contributed by atoms with Gasteiger partial charge in [-0.15, -0.1) is 0 Å². The molecule has 3 N–H and O–H groups in total. The maximum Gasteiger partial charge on any atom is 0.524 e. The summed E-state index contributed by atoms with van der Waals surface area (Å²) in [6.45, 7) is 0. The minimum absolute atomic E-state index is 0.0666. The van der Waals surface area contributed by atoms with Gasteiger partial charge in [0.2, 0.25) is 0 Å². The van der Waals surface area contributed by atoms with E-state index in [9.17, 15) is 9.77 Å². The number of benzene rings is 1. The molecule has 1 aromatic carbocycles. The molecular weight excluding hydrogens is 213 g/mol. The van der Waals surface area contributed by atoms with Gasteiger partial charge >= 0.3 is 7.82 Å². The molecule has 0 heterocycles. The number of hydrogen-bond donors (Lipinski definition) is 3. The molecule has 1 aromatic rings. The Bertz CT molecular complexity index is 344. The van der Waals surface area contributed by atoms with Crippen LogP contribution in [0.5, 0.6) is 5.75 Å². The van der Waals surface area contributed by atoms with E-state index in [4.69, 9.17) is 15.0 Å². The van der Waals surface area contributed by atoms with Crippen LogP contribution in [0.2, 0.25) is 0 Å². The number of phosphoric ester groups is 1. The van der Waals surface area contributed by atoms with Crippen molar-refractivity contribution in [2.24, 2.45) is 0 Å². The van der Waals surface area contributed by atoms with Gasteiger partial charge in [0.25, 0.3) is 0 Å². The molecule has 0 radical (unpaired) electrons. The van der Waals surface area contributed by atoms with Gasteiger partial charge in [0.1, 0.15) is 5.75 Å². The molecule has 0 aromatic heterocycles. The average Bonchev–Trinajstić information content (AvgIpc) is 2.02. The zero-order chi connectivity index (χ0) is 10.8. The van der Waals surface area contributed by atoms with Gasteiger partial charge < -0.3 is 15.0 Å². The molecule has 0 aliphatic rings. The molecule has 0 saturated heterocycles. The second-order valence-electron chi connectivity index (χ2n) is 2.35. The first-order chi connectivity index (χ1) is 6.38. The SMILES string of the molecule is O=P(O)(O)Oc1ccc(N([O-])O)cc1. The van der Waals surface area contributed by atoms with Crippen LogP contribution < -0.4 is 9.75 Å². The molecule has 1 rings (SSSR count). The summed E-state index contributed by atoms with van der Waals surface area (Å²) in [6, 6.07) is 4.60. The van der Waals surface area contributed by atoms with E-state index in [1.807, 2.05) is 0 Å². The third kappa shape index (κ3) is 3.33. The smallest absolute Gasteiger partial charge is 0.524 e. The summed E-state index contributed by atoms with van der Waals surface area (Å²) < 4.78 is 14.6. The molecule has 7 nitrogen and oxygen atoms in total. The third-order valence-electron chi connectivity index (χ3n) is 1.28. The molecular formula is C6H7NO6P-. The fourth-order valence-electron chi connectivity index (χ4n) is 0.772. The molecule has 8 heteroatoms. The van der Waals surface area contributed by atoms with Gasteiger partial charge in [-0.1, -0.05) is 0 Å². The molecule has 0 fully saturated rings. The van der Waals surface area contributed by atoms with Crippen LogP contribution in [0.25, 0.3) is 0 Å². The van der Waals surface area contributed by atoms with E-state index < -0.39 is 7.82 Å². The van der Waals surface area contributed by atoms with Gasteiger partial charge in [0.05, 0.1) is 5.69 Å². The van der Waals surface area contributed by atoms with Crippen molar-refractivity contribution in [1.82, 2.24) is 0 Å². The zero-order valence-corrected chi connectivity index (χ0v) is 7.66. The van der Waals surface area contributed by atoms with E-state index in [0.717, 1.165) is 24.3 Å². The predicted molar refractivity (Wildman–Crippen MR) is 46.7 cm³/mol. The van der Waals surface area contributed by atoms with Crippen molar-refractivity contribution in [3.8, 4) is 5.75 Å². The van der Waals surface area contributed by atoms with Gasteiger partial charge in [0.15, 0.2) is 0 Å². The Morgan fingerprint density at radius 2 is 1.79 bits per heavy atom. The van der Waals surface area contributed by atoms with Crippen LogP contribution >= 0.6 is 7.82 Å². The van der Waals surface area contributed by atoms with Crippen LogP contribution in [0.15, 0.2) is 24.3 Å². The predicted octanol–water partition coefficient (Wildman–Crippen LogP) is 0.852. The van der Waals surface area contributed by atoms with Crippen LogP contribution in [0, 0.1) is 5.21 Å². The van der Waals surface area contributed by atoms with E-state index in [2.05, 4.69) is 4.52 Å². The van der Waals surface area contributed by atoms with E-state index in [1.165, 1.54) is 0 Å². The summed E-state index contributed by atoms with van der Waals surface area (Å²) in [7, 11) is -4.58. The molecule has 0 spiro atoms. The Balaban J connectivity index is 2.79. The Morgan fingerprint density at radius 3 is 2.14 bits per heavy atom. The van der Waals surface area contributed by atoms with Crippen molar-refractivity contribution in [3.05, 3.63) is 29.5 Å². The first kappa shape index (κ1) is 11.0. The lowest BCUT2D eigenvalue weighted by atomic mass is 10.3. The van der Waals surface area contributed by atoms with Gasteiger partial charge in [0, 0.05) is 0 Å². The Labute approximate surface area is 78.9 Å². The highest BCUT2D eigenvalue weighted by Gasteiger charge is 2.15. The second kappa shape index (κ2) is 3.95. The second-order valence-corrected chi connectivity index (χ2v) is 3.51. The molecule has 0 aliphatic heterocycles. The highest BCUT2D eigenvalue weighted by molar-refractivity contribution is 7.46. The lowest BCUT2D eigenvalue weighted by molar-refractivity contribution is 0.283. The Morgan fingerprint density at radius 1 is 1.29 bits per heavy atom. The van der Waals surface area contributed by atoms with Gasteiger partial charge in [-0.3, -0.25) is 15.0 Å². The van der Waals surface area contributed by atoms with Crippen molar-refractivity contribution >= 4 is 13.5 Å². The summed E-state index contributed by atoms with van der Waals surface area (Å²) in [5.41, 5.74) is -0.0666. The normalized spacial score (nSPS) is 11.1. The monoisotopic (exact) mass is 220 g/mol. The molecule has 78 valence electrons. The van der Waals surface area contributed by atoms with Crippen LogP contribution in [-0.2, 0) is 4.57 Å². The molecule has 0 unspecified atom stereocenters. The number of anilines is 1. The number of nitrogens with zero attached hydrogens (tertiary/aromatic N) is 1. The van der Waals surface area contributed by atoms with E-state index >= 15 is 0 Å². The first-order valence-corrected chi connectivity index (χ1v) is 4.93. The molecule has 0 aliphatic carbocycles. The maximum atomic E-state index is 10.4. The quantitative estimate of drug-likeness (QED) is 0.511.